The van der Waals surface area contributed by atoms with Gasteiger partial charge in [0, 0.05) is 12.0 Å². The first kappa shape index (κ1) is 9.81. The fourth-order valence-corrected chi connectivity index (χ4v) is 1.37. The molecule has 1 aliphatic rings. The molecule has 0 aromatic carbocycles. The third-order valence-electron chi connectivity index (χ3n) is 2.03. The summed E-state index contributed by atoms with van der Waals surface area (Å²) in [6, 6.07) is 0.281. The molecular weight excluding hydrogens is 146 g/mol. The van der Waals surface area contributed by atoms with Gasteiger partial charge in [-0.3, -0.25) is 0 Å². The molecule has 58 valence electrons. The van der Waals surface area contributed by atoms with Crippen LogP contribution in [0.25, 0.3) is 0 Å². The van der Waals surface area contributed by atoms with Crippen LogP contribution in [-0.2, 0) is 0 Å². The Hall–Kier alpha value is -0.190. The quantitative estimate of drug-likeness (QED) is 0.534. The third-order valence-corrected chi connectivity index (χ3v) is 2.03. The Morgan fingerprint density at radius 1 is 1.30 bits per heavy atom. The van der Waals surface area contributed by atoms with Crippen molar-refractivity contribution in [2.75, 3.05) is 0 Å². The Bertz CT molecular complexity index is 128. The van der Waals surface area contributed by atoms with Crippen molar-refractivity contribution < 1.29 is 0 Å². The molecule has 10 heavy (non-hydrogen) atoms. The molecule has 0 heterocycles. The second-order valence-electron chi connectivity index (χ2n) is 2.72. The Labute approximate surface area is 68.8 Å². The molecule has 0 spiro atoms. The lowest BCUT2D eigenvalue weighted by Crippen LogP contribution is -2.31. The van der Waals surface area contributed by atoms with Crippen LogP contribution in [0.4, 0.5) is 0 Å². The van der Waals surface area contributed by atoms with Crippen LogP contribution >= 0.6 is 12.4 Å². The van der Waals surface area contributed by atoms with Crippen LogP contribution < -0.4 is 5.73 Å². The SMILES string of the molecule is C#C[C@@H]1CCCC[C@H]1N.Cl. The molecule has 1 aliphatic carbocycles. The van der Waals surface area contributed by atoms with Crippen molar-refractivity contribution in [3.8, 4) is 12.3 Å². The van der Waals surface area contributed by atoms with Crippen molar-refractivity contribution >= 4 is 12.4 Å². The minimum atomic E-state index is 0. The Kier molecular flexibility index (Phi) is 4.51. The molecule has 0 bridgehead atoms. The molecule has 1 fully saturated rings. The Balaban J connectivity index is 0.000000810. The number of terminal acetylenes is 1. The van der Waals surface area contributed by atoms with E-state index in [4.69, 9.17) is 12.2 Å². The first-order valence-corrected chi connectivity index (χ1v) is 3.56. The molecule has 0 unspecified atom stereocenters. The highest BCUT2D eigenvalue weighted by Crippen LogP contribution is 2.21. The average molecular weight is 160 g/mol. The van der Waals surface area contributed by atoms with Gasteiger partial charge in [0.05, 0.1) is 0 Å². The van der Waals surface area contributed by atoms with Gasteiger partial charge in [0.2, 0.25) is 0 Å². The van der Waals surface area contributed by atoms with E-state index in [9.17, 15) is 0 Å². The van der Waals surface area contributed by atoms with Gasteiger partial charge in [0.25, 0.3) is 0 Å². The van der Waals surface area contributed by atoms with E-state index in [-0.39, 0.29) is 18.4 Å². The van der Waals surface area contributed by atoms with E-state index in [1.165, 1.54) is 12.8 Å². The first-order valence-electron chi connectivity index (χ1n) is 3.56. The molecule has 0 aromatic rings. The van der Waals surface area contributed by atoms with Crippen molar-refractivity contribution in [1.29, 1.82) is 0 Å². The lowest BCUT2D eigenvalue weighted by atomic mass is 9.86. The summed E-state index contributed by atoms with van der Waals surface area (Å²) >= 11 is 0. The monoisotopic (exact) mass is 159 g/mol. The summed E-state index contributed by atoms with van der Waals surface area (Å²) in [5.41, 5.74) is 5.75. The third kappa shape index (κ3) is 2.21. The van der Waals surface area contributed by atoms with Gasteiger partial charge < -0.3 is 5.73 Å². The lowest BCUT2D eigenvalue weighted by Gasteiger charge is -2.23. The first-order chi connectivity index (χ1) is 4.34. The summed E-state index contributed by atoms with van der Waals surface area (Å²) in [5.74, 6) is 3.09. The summed E-state index contributed by atoms with van der Waals surface area (Å²) in [7, 11) is 0. The van der Waals surface area contributed by atoms with Crippen molar-refractivity contribution in [1.82, 2.24) is 0 Å². The second-order valence-corrected chi connectivity index (χ2v) is 2.72. The molecule has 0 aromatic heterocycles. The van der Waals surface area contributed by atoms with E-state index in [2.05, 4.69) is 5.92 Å². The van der Waals surface area contributed by atoms with Gasteiger partial charge >= 0.3 is 0 Å². The zero-order chi connectivity index (χ0) is 6.69. The molecule has 2 atom stereocenters. The van der Waals surface area contributed by atoms with Crippen molar-refractivity contribution in [3.63, 3.8) is 0 Å². The van der Waals surface area contributed by atoms with E-state index in [1.807, 2.05) is 0 Å². The maximum absolute atomic E-state index is 5.75. The van der Waals surface area contributed by atoms with Crippen molar-refractivity contribution in [2.24, 2.45) is 11.7 Å². The van der Waals surface area contributed by atoms with Gasteiger partial charge in [-0.05, 0) is 12.8 Å². The number of rotatable bonds is 0. The predicted octanol–water partition coefficient (Wildman–Crippen LogP) is 1.56. The summed E-state index contributed by atoms with van der Waals surface area (Å²) < 4.78 is 0. The molecule has 2 heteroatoms. The highest BCUT2D eigenvalue weighted by Gasteiger charge is 2.18. The van der Waals surface area contributed by atoms with Gasteiger partial charge in [-0.1, -0.05) is 12.8 Å². The minimum absolute atomic E-state index is 0. The van der Waals surface area contributed by atoms with Crippen LogP contribution in [0.2, 0.25) is 0 Å². The standard InChI is InChI=1S/C8H13N.ClH/c1-2-7-5-3-4-6-8(7)9;/h1,7-8H,3-6,9H2;1H/t7-,8-;/m1./s1. The zero-order valence-electron chi connectivity index (χ0n) is 6.05. The van der Waals surface area contributed by atoms with Crippen LogP contribution in [0.3, 0.4) is 0 Å². The highest BCUT2D eigenvalue weighted by molar-refractivity contribution is 5.85. The fourth-order valence-electron chi connectivity index (χ4n) is 1.37. The summed E-state index contributed by atoms with van der Waals surface area (Å²) in [5, 5.41) is 0. The average Bonchev–Trinajstić information content (AvgIpc) is 1.89. The van der Waals surface area contributed by atoms with E-state index in [0.29, 0.717) is 5.92 Å². The number of halogens is 1. The van der Waals surface area contributed by atoms with Crippen LogP contribution in [0, 0.1) is 18.3 Å². The van der Waals surface area contributed by atoms with E-state index < -0.39 is 0 Å². The summed E-state index contributed by atoms with van der Waals surface area (Å²) in [4.78, 5) is 0. The van der Waals surface area contributed by atoms with Gasteiger partial charge in [-0.15, -0.1) is 24.8 Å². The topological polar surface area (TPSA) is 26.0 Å². The number of hydrogen-bond donors (Lipinski definition) is 1. The van der Waals surface area contributed by atoms with Crippen LogP contribution in [0.5, 0.6) is 0 Å². The molecule has 0 radical (unpaired) electrons. The smallest absolute Gasteiger partial charge is 0.0351 e. The highest BCUT2D eigenvalue weighted by atomic mass is 35.5. The van der Waals surface area contributed by atoms with E-state index in [1.54, 1.807) is 0 Å². The molecule has 0 saturated heterocycles. The normalized spacial score (nSPS) is 32.0. The predicted molar refractivity (Wildman–Crippen MR) is 46.0 cm³/mol. The minimum Gasteiger partial charge on any atom is -0.327 e. The van der Waals surface area contributed by atoms with E-state index >= 15 is 0 Å². The molecule has 0 amide bonds. The maximum Gasteiger partial charge on any atom is 0.0351 e. The van der Waals surface area contributed by atoms with Gasteiger partial charge in [0.1, 0.15) is 0 Å². The molecular formula is C8H14ClN. The Morgan fingerprint density at radius 3 is 2.30 bits per heavy atom. The molecule has 1 nitrogen and oxygen atoms in total. The molecule has 2 N–H and O–H groups in total. The number of hydrogen-bond acceptors (Lipinski definition) is 1. The molecule has 1 rings (SSSR count). The largest absolute Gasteiger partial charge is 0.327 e. The van der Waals surface area contributed by atoms with Crippen LogP contribution in [0.15, 0.2) is 0 Å². The van der Waals surface area contributed by atoms with Crippen molar-refractivity contribution in [2.45, 2.75) is 31.7 Å². The maximum atomic E-state index is 5.75. The summed E-state index contributed by atoms with van der Waals surface area (Å²) in [6.45, 7) is 0. The zero-order valence-corrected chi connectivity index (χ0v) is 6.86. The number of nitrogens with two attached hydrogens (primary N) is 1. The van der Waals surface area contributed by atoms with E-state index in [0.717, 1.165) is 12.8 Å². The van der Waals surface area contributed by atoms with Gasteiger partial charge in [0.15, 0.2) is 0 Å². The molecule has 0 aliphatic heterocycles. The lowest BCUT2D eigenvalue weighted by molar-refractivity contribution is 0.372. The Morgan fingerprint density at radius 2 is 1.90 bits per heavy atom. The van der Waals surface area contributed by atoms with Gasteiger partial charge in [-0.25, -0.2) is 0 Å². The van der Waals surface area contributed by atoms with Crippen molar-refractivity contribution in [3.05, 3.63) is 0 Å². The fraction of sp³-hybridized carbons (Fsp3) is 0.750. The van der Waals surface area contributed by atoms with Gasteiger partial charge in [-0.2, -0.15) is 0 Å². The second kappa shape index (κ2) is 4.60. The van der Waals surface area contributed by atoms with Crippen LogP contribution in [0.1, 0.15) is 25.7 Å². The molecule has 1 saturated carbocycles. The summed E-state index contributed by atoms with van der Waals surface area (Å²) in [6.07, 6.45) is 10.0. The van der Waals surface area contributed by atoms with Crippen LogP contribution in [-0.4, -0.2) is 6.04 Å².